The molecule has 2 fully saturated rings. The minimum absolute atomic E-state index is 0. The van der Waals surface area contributed by atoms with E-state index in [1.807, 2.05) is 0 Å². The Bertz CT molecular complexity index is 747. The second-order valence-electron chi connectivity index (χ2n) is 7.55. The maximum atomic E-state index is 11.3. The van der Waals surface area contributed by atoms with E-state index in [4.69, 9.17) is 14.6 Å². The van der Waals surface area contributed by atoms with Crippen molar-refractivity contribution in [2.24, 2.45) is 0 Å². The number of hydrogen-bond donors (Lipinski definition) is 2. The van der Waals surface area contributed by atoms with E-state index in [1.165, 1.54) is 18.2 Å². The molecule has 11 heteroatoms. The van der Waals surface area contributed by atoms with Gasteiger partial charge in [0.2, 0.25) is 0 Å². The molecule has 2 unspecified atom stereocenters. The molecule has 2 aliphatic heterocycles. The van der Waals surface area contributed by atoms with Gasteiger partial charge in [-0.1, -0.05) is 6.07 Å². The van der Waals surface area contributed by atoms with E-state index in [9.17, 15) is 13.5 Å². The van der Waals surface area contributed by atoms with Gasteiger partial charge in [0.05, 0.1) is 27.1 Å². The van der Waals surface area contributed by atoms with Crippen LogP contribution >= 0.6 is 0 Å². The van der Waals surface area contributed by atoms with E-state index in [-0.39, 0.29) is 68.0 Å². The van der Waals surface area contributed by atoms with Gasteiger partial charge in [-0.05, 0) is 44.5 Å². The van der Waals surface area contributed by atoms with Gasteiger partial charge in [-0.3, -0.25) is 0 Å². The third-order valence-corrected chi connectivity index (χ3v) is 6.18. The Morgan fingerprint density at radius 3 is 2.76 bits per heavy atom. The molecule has 0 aliphatic carbocycles. The van der Waals surface area contributed by atoms with Gasteiger partial charge in [-0.15, -0.1) is 0 Å². The Balaban J connectivity index is 0.00000210. The molecule has 1 aromatic carbocycles. The maximum Gasteiger partial charge on any atom is 0.120 e. The molecule has 164 valence electrons. The van der Waals surface area contributed by atoms with Crippen LogP contribution in [0, 0.1) is 0 Å². The first-order chi connectivity index (χ1) is 12.8. The van der Waals surface area contributed by atoms with E-state index >= 15 is 0 Å². The normalized spacial score (nSPS) is 22.5. The van der Waals surface area contributed by atoms with Crippen molar-refractivity contribution in [1.82, 2.24) is 10.2 Å². The Morgan fingerprint density at radius 2 is 2.10 bits per heavy atom. The molecule has 2 atom stereocenters. The van der Waals surface area contributed by atoms with Crippen molar-refractivity contribution in [3.8, 4) is 5.75 Å². The number of ether oxygens (including phenoxy) is 2. The minimum Gasteiger partial charge on any atom is -0.560 e. The summed E-state index contributed by atoms with van der Waals surface area (Å²) in [5.74, 6) is 0.317. The van der Waals surface area contributed by atoms with E-state index in [1.54, 1.807) is 6.07 Å². The van der Waals surface area contributed by atoms with Gasteiger partial charge >= 0.3 is 0 Å². The third-order valence-electron chi connectivity index (χ3n) is 5.31. The van der Waals surface area contributed by atoms with Crippen molar-refractivity contribution >= 4 is 34.5 Å². The van der Waals surface area contributed by atoms with E-state index in [2.05, 4.69) is 17.3 Å². The first-order valence-electron chi connectivity index (χ1n) is 9.22. The average molecular weight is 706 g/mol. The minimum atomic E-state index is -4.02. The Morgan fingerprint density at radius 1 is 1.41 bits per heavy atom. The van der Waals surface area contributed by atoms with Gasteiger partial charge in [0, 0.05) is 70.5 Å². The Kier molecular flexibility index (Phi) is 11.1. The number of aliphatic hydroxyl groups is 1. The van der Waals surface area contributed by atoms with Crippen LogP contribution in [0.2, 0.25) is 0 Å². The molecule has 8 nitrogen and oxygen atoms in total. The van der Waals surface area contributed by atoms with Crippen molar-refractivity contribution in [2.45, 2.75) is 41.9 Å². The van der Waals surface area contributed by atoms with Crippen molar-refractivity contribution in [3.05, 3.63) is 29.4 Å². The molecule has 0 bridgehead atoms. The summed E-state index contributed by atoms with van der Waals surface area (Å²) in [7, 11) is -1.90. The maximum absolute atomic E-state index is 11.3. The summed E-state index contributed by atoms with van der Waals surface area (Å²) >= 11 is 0. The molecular formula is C18H28N3O5ReSSb-. The predicted octanol–water partition coefficient (Wildman–Crippen LogP) is 0.627. The number of benzene rings is 1. The molecule has 29 heavy (non-hydrogen) atoms. The molecule has 1 spiro atoms. The first-order valence-corrected chi connectivity index (χ1v) is 10.7. The van der Waals surface area contributed by atoms with Gasteiger partial charge in [0.25, 0.3) is 0 Å². The fourth-order valence-corrected chi connectivity index (χ4v) is 4.16. The van der Waals surface area contributed by atoms with Gasteiger partial charge in [0.15, 0.2) is 0 Å². The number of aliphatic hydroxyl groups excluding tert-OH is 1. The van der Waals surface area contributed by atoms with Crippen molar-refractivity contribution < 1.29 is 43.4 Å². The molecule has 0 amide bonds. The number of hydrogen-bond acceptors (Lipinski definition) is 7. The number of likely N-dealkylation sites (tertiary alicyclic amines) is 1. The molecule has 1 aromatic rings. The number of nitrogens with one attached hydrogen (secondary N) is 2. The van der Waals surface area contributed by atoms with E-state index in [0.717, 1.165) is 32.4 Å². The topological polar surface area (TPSA) is 112 Å². The summed E-state index contributed by atoms with van der Waals surface area (Å²) in [6, 6.07) is 5.96. The second kappa shape index (κ2) is 11.8. The summed E-state index contributed by atoms with van der Waals surface area (Å²) in [5, 5.41) is 20.6. The summed E-state index contributed by atoms with van der Waals surface area (Å²) in [6.45, 7) is 3.17. The fraction of sp³-hybridized carbons (Fsp3) is 0.667. The monoisotopic (exact) mass is 706 g/mol. The molecular weight excluding hydrogens is 678 g/mol. The van der Waals surface area contributed by atoms with Crippen LogP contribution in [-0.4, -0.2) is 100 Å². The van der Waals surface area contributed by atoms with Crippen molar-refractivity contribution in [3.63, 3.8) is 0 Å². The van der Waals surface area contributed by atoms with Crippen LogP contribution in [0.1, 0.15) is 19.3 Å². The quantitative estimate of drug-likeness (QED) is 0.401. The van der Waals surface area contributed by atoms with Crippen molar-refractivity contribution in [2.75, 3.05) is 39.9 Å². The molecule has 0 saturated carbocycles. The van der Waals surface area contributed by atoms with Crippen LogP contribution in [0.15, 0.2) is 29.2 Å². The fourth-order valence-electron chi connectivity index (χ4n) is 3.64. The second-order valence-corrected chi connectivity index (χ2v) is 9.03. The predicted molar refractivity (Wildman–Crippen MR) is 107 cm³/mol. The van der Waals surface area contributed by atoms with Crippen LogP contribution < -0.4 is 10.1 Å². The van der Waals surface area contributed by atoms with E-state index in [0.29, 0.717) is 18.9 Å². The smallest absolute Gasteiger partial charge is 0.120 e. The largest absolute Gasteiger partial charge is 0.560 e. The van der Waals surface area contributed by atoms with Crippen LogP contribution in [0.25, 0.3) is 5.14 Å². The van der Waals surface area contributed by atoms with Gasteiger partial charge < -0.3 is 29.9 Å². The number of sulfonamides is 1. The van der Waals surface area contributed by atoms with Crippen LogP contribution in [0.5, 0.6) is 5.75 Å². The summed E-state index contributed by atoms with van der Waals surface area (Å²) in [6.07, 6.45) is 2.32. The molecule has 2 saturated heterocycles. The average Bonchev–Trinajstić information content (AvgIpc) is 3.03. The molecule has 4 radical (unpaired) electrons. The van der Waals surface area contributed by atoms with Crippen LogP contribution in [-0.2, 0) is 35.2 Å². The van der Waals surface area contributed by atoms with Gasteiger partial charge in [-0.2, -0.15) is 0 Å². The molecule has 3 N–H and O–H groups in total. The molecule has 2 aliphatic rings. The third kappa shape index (κ3) is 8.03. The summed E-state index contributed by atoms with van der Waals surface area (Å²) < 4.78 is 34.1. The van der Waals surface area contributed by atoms with Crippen LogP contribution in [0.4, 0.5) is 0 Å². The van der Waals surface area contributed by atoms with Crippen molar-refractivity contribution in [1.29, 1.82) is 0 Å². The zero-order valence-corrected chi connectivity index (χ0v) is 22.5. The zero-order chi connectivity index (χ0) is 19.5. The van der Waals surface area contributed by atoms with Crippen LogP contribution in [0.3, 0.4) is 0 Å². The molecule has 2 heterocycles. The van der Waals surface area contributed by atoms with Gasteiger partial charge in [-0.25, -0.2) is 8.42 Å². The standard InChI is InChI=1S/C18H28N3O5S.Re.Sb/c1-21-7-5-18(6-8-21)10-14(12-26-18)20-11-15(22)13-25-16-3-2-4-17(9-16)27(19,23)24;;/h2-4,9,14-15,20,22H,5-8,10-13H2,1H3,(H-,19,23,24);;/q-1;;. The molecule has 0 aromatic heterocycles. The SMILES string of the molecule is CN1CCC2(CC1)CC(NCC(O)COc1cccc(S([NH-])(=O)=O)c1)CO2.[Re].[Sb]. The number of rotatable bonds is 7. The summed E-state index contributed by atoms with van der Waals surface area (Å²) in [5.41, 5.74) is -0.0200. The first kappa shape index (κ1) is 27.3. The van der Waals surface area contributed by atoms with E-state index < -0.39 is 16.1 Å². The Hall–Kier alpha value is 0.251. The zero-order valence-electron chi connectivity index (χ0n) is 16.4. The summed E-state index contributed by atoms with van der Waals surface area (Å²) in [4.78, 5) is 2.19. The molecule has 3 rings (SSSR count). The number of nitrogens with zero attached hydrogens (tertiary/aromatic N) is 1. The Labute approximate surface area is 204 Å². The van der Waals surface area contributed by atoms with Gasteiger partial charge in [0.1, 0.15) is 18.5 Å². The number of piperidine rings is 1.